The summed E-state index contributed by atoms with van der Waals surface area (Å²) in [4.78, 5) is 12.6. The molecule has 1 N–H and O–H groups in total. The first-order chi connectivity index (χ1) is 18.9. The van der Waals surface area contributed by atoms with Crippen LogP contribution in [0.4, 0.5) is 18.9 Å². The Balaban J connectivity index is 1.58. The number of hydrogen-bond donors (Lipinski definition) is 1. The molecule has 0 aliphatic carbocycles. The molecule has 1 heterocycles. The molecular weight excluding hydrogens is 565 g/mol. The van der Waals surface area contributed by atoms with Gasteiger partial charge in [0.15, 0.2) is 0 Å². The summed E-state index contributed by atoms with van der Waals surface area (Å²) in [7, 11) is -4.39. The van der Waals surface area contributed by atoms with Crippen molar-refractivity contribution in [2.75, 3.05) is 10.8 Å². The Bertz CT molecular complexity index is 1650. The van der Waals surface area contributed by atoms with Crippen molar-refractivity contribution in [3.8, 4) is 5.69 Å². The number of alkyl halides is 3. The van der Waals surface area contributed by atoms with E-state index in [1.165, 1.54) is 36.5 Å². The van der Waals surface area contributed by atoms with Gasteiger partial charge in [-0.25, -0.2) is 13.8 Å². The number of amides is 1. The third-order valence-corrected chi connectivity index (χ3v) is 8.07. The standard InChI is InChI=1S/C28H24ClF3N4O3S/c1-19-15-21(20(2)36(19)24-13-11-23(29)12-14-24)17-33-34-27(37)18-35(40(38,39)26-9-4-3-5-10-26)25-8-6-7-22(16-25)28(30,31)32/h3-17H,18H2,1-2H3,(H,34,37)/b33-17+. The molecule has 0 unspecified atom stereocenters. The number of benzene rings is 3. The summed E-state index contributed by atoms with van der Waals surface area (Å²) in [6.45, 7) is 2.96. The van der Waals surface area contributed by atoms with E-state index < -0.39 is 34.2 Å². The van der Waals surface area contributed by atoms with E-state index in [2.05, 4.69) is 10.5 Å². The van der Waals surface area contributed by atoms with Gasteiger partial charge in [0.2, 0.25) is 0 Å². The van der Waals surface area contributed by atoms with Gasteiger partial charge in [0.05, 0.1) is 22.4 Å². The summed E-state index contributed by atoms with van der Waals surface area (Å²) in [5, 5.41) is 4.56. The van der Waals surface area contributed by atoms with E-state index in [-0.39, 0.29) is 10.6 Å². The number of aromatic nitrogens is 1. The van der Waals surface area contributed by atoms with Crippen LogP contribution in [-0.4, -0.2) is 31.7 Å². The Kier molecular flexibility index (Phi) is 8.36. The van der Waals surface area contributed by atoms with Gasteiger partial charge in [-0.3, -0.25) is 9.10 Å². The third kappa shape index (κ3) is 6.37. The SMILES string of the molecule is Cc1cc(/C=N/NC(=O)CN(c2cccc(C(F)(F)F)c2)S(=O)(=O)c2ccccc2)c(C)n1-c1ccc(Cl)cc1. The molecule has 3 aromatic carbocycles. The molecule has 0 spiro atoms. The molecular formula is C28H24ClF3N4O3S. The Morgan fingerprint density at radius 1 is 1.00 bits per heavy atom. The Labute approximate surface area is 234 Å². The normalized spacial score (nSPS) is 12.1. The van der Waals surface area contributed by atoms with E-state index in [1.54, 1.807) is 18.2 Å². The van der Waals surface area contributed by atoms with Crippen molar-refractivity contribution in [3.05, 3.63) is 112 Å². The highest BCUT2D eigenvalue weighted by atomic mass is 35.5. The van der Waals surface area contributed by atoms with Crippen LogP contribution in [0.2, 0.25) is 5.02 Å². The van der Waals surface area contributed by atoms with Gasteiger partial charge in [-0.05, 0) is 74.5 Å². The summed E-state index contributed by atoms with van der Waals surface area (Å²) in [5.74, 6) is -0.848. The lowest BCUT2D eigenvalue weighted by Crippen LogP contribution is -2.39. The van der Waals surface area contributed by atoms with Gasteiger partial charge < -0.3 is 4.57 Å². The van der Waals surface area contributed by atoms with E-state index in [9.17, 15) is 26.4 Å². The number of halogens is 4. The molecule has 0 fully saturated rings. The number of carbonyl (C=O) groups is 1. The second kappa shape index (κ2) is 11.6. The highest BCUT2D eigenvalue weighted by Gasteiger charge is 2.33. The van der Waals surface area contributed by atoms with Crippen molar-refractivity contribution in [2.45, 2.75) is 24.9 Å². The van der Waals surface area contributed by atoms with Crippen LogP contribution < -0.4 is 9.73 Å². The number of nitrogens with zero attached hydrogens (tertiary/aromatic N) is 3. The molecule has 1 aromatic heterocycles. The first-order valence-corrected chi connectivity index (χ1v) is 13.7. The molecule has 0 bridgehead atoms. The van der Waals surface area contributed by atoms with E-state index in [1.807, 2.05) is 36.6 Å². The molecule has 7 nitrogen and oxygen atoms in total. The summed E-state index contributed by atoms with van der Waals surface area (Å²) >= 11 is 5.99. The van der Waals surface area contributed by atoms with E-state index in [0.29, 0.717) is 21.0 Å². The zero-order valence-electron chi connectivity index (χ0n) is 21.4. The van der Waals surface area contributed by atoms with Crippen LogP contribution in [-0.2, 0) is 21.0 Å². The van der Waals surface area contributed by atoms with Crippen LogP contribution in [0.5, 0.6) is 0 Å². The largest absolute Gasteiger partial charge is 0.416 e. The smallest absolute Gasteiger partial charge is 0.318 e. The highest BCUT2D eigenvalue weighted by molar-refractivity contribution is 7.92. The zero-order valence-corrected chi connectivity index (χ0v) is 22.9. The van der Waals surface area contributed by atoms with Crippen molar-refractivity contribution in [1.29, 1.82) is 0 Å². The number of sulfonamides is 1. The van der Waals surface area contributed by atoms with Gasteiger partial charge in [-0.1, -0.05) is 35.9 Å². The van der Waals surface area contributed by atoms with Crippen LogP contribution >= 0.6 is 11.6 Å². The number of aryl methyl sites for hydroxylation is 1. The quantitative estimate of drug-likeness (QED) is 0.199. The van der Waals surface area contributed by atoms with Crippen LogP contribution in [0.1, 0.15) is 22.5 Å². The molecule has 4 rings (SSSR count). The molecule has 12 heteroatoms. The number of carbonyl (C=O) groups excluding carboxylic acids is 1. The topological polar surface area (TPSA) is 83.8 Å². The number of nitrogens with one attached hydrogen (secondary N) is 1. The molecule has 1 amide bonds. The fourth-order valence-electron chi connectivity index (χ4n) is 4.12. The van der Waals surface area contributed by atoms with Gasteiger partial charge >= 0.3 is 6.18 Å². The highest BCUT2D eigenvalue weighted by Crippen LogP contribution is 2.33. The Hall–Kier alpha value is -4.09. The lowest BCUT2D eigenvalue weighted by molar-refractivity contribution is -0.137. The Morgan fingerprint density at radius 3 is 2.33 bits per heavy atom. The molecule has 208 valence electrons. The summed E-state index contributed by atoms with van der Waals surface area (Å²) < 4.78 is 69.4. The van der Waals surface area contributed by atoms with E-state index >= 15 is 0 Å². The van der Waals surface area contributed by atoms with Crippen molar-refractivity contribution in [1.82, 2.24) is 9.99 Å². The number of hydrogen-bond acceptors (Lipinski definition) is 4. The molecule has 0 saturated carbocycles. The van der Waals surface area contributed by atoms with Crippen molar-refractivity contribution < 1.29 is 26.4 Å². The summed E-state index contributed by atoms with van der Waals surface area (Å²) in [5.41, 5.74) is 4.22. The van der Waals surface area contributed by atoms with Crippen molar-refractivity contribution in [3.63, 3.8) is 0 Å². The predicted molar refractivity (Wildman–Crippen MR) is 148 cm³/mol. The first kappa shape index (κ1) is 28.9. The number of anilines is 1. The summed E-state index contributed by atoms with van der Waals surface area (Å²) in [6, 6.07) is 20.0. The first-order valence-electron chi connectivity index (χ1n) is 11.9. The molecule has 40 heavy (non-hydrogen) atoms. The van der Waals surface area contributed by atoms with E-state index in [4.69, 9.17) is 11.6 Å². The average molecular weight is 589 g/mol. The minimum absolute atomic E-state index is 0.182. The maximum atomic E-state index is 13.4. The van der Waals surface area contributed by atoms with Gasteiger partial charge in [0.1, 0.15) is 6.54 Å². The number of hydrazone groups is 1. The van der Waals surface area contributed by atoms with Crippen LogP contribution in [0.15, 0.2) is 94.9 Å². The van der Waals surface area contributed by atoms with E-state index in [0.717, 1.165) is 29.2 Å². The van der Waals surface area contributed by atoms with Crippen molar-refractivity contribution in [2.24, 2.45) is 5.10 Å². The number of rotatable bonds is 8. The lowest BCUT2D eigenvalue weighted by Gasteiger charge is -2.24. The molecule has 0 atom stereocenters. The molecule has 0 aliphatic rings. The fourth-order valence-corrected chi connectivity index (χ4v) is 5.68. The van der Waals surface area contributed by atoms with Crippen LogP contribution in [0.25, 0.3) is 5.69 Å². The van der Waals surface area contributed by atoms with Crippen molar-refractivity contribution >= 4 is 39.4 Å². The van der Waals surface area contributed by atoms with Gasteiger partial charge in [0, 0.05) is 27.7 Å². The predicted octanol–water partition coefficient (Wildman–Crippen LogP) is 6.11. The molecule has 0 radical (unpaired) electrons. The minimum Gasteiger partial charge on any atom is -0.318 e. The van der Waals surface area contributed by atoms with Gasteiger partial charge in [-0.15, -0.1) is 0 Å². The third-order valence-electron chi connectivity index (χ3n) is 6.03. The maximum absolute atomic E-state index is 13.4. The lowest BCUT2D eigenvalue weighted by atomic mass is 10.2. The average Bonchev–Trinajstić information content (AvgIpc) is 3.20. The fraction of sp³-hybridized carbons (Fsp3) is 0.143. The minimum atomic E-state index is -4.71. The Morgan fingerprint density at radius 2 is 1.68 bits per heavy atom. The van der Waals surface area contributed by atoms with Crippen LogP contribution in [0, 0.1) is 13.8 Å². The van der Waals surface area contributed by atoms with Gasteiger partial charge in [0.25, 0.3) is 15.9 Å². The summed E-state index contributed by atoms with van der Waals surface area (Å²) in [6.07, 6.45) is -3.30. The van der Waals surface area contributed by atoms with Gasteiger partial charge in [-0.2, -0.15) is 18.3 Å². The second-order valence-electron chi connectivity index (χ2n) is 8.80. The maximum Gasteiger partial charge on any atom is 0.416 e. The van der Waals surface area contributed by atoms with Crippen LogP contribution in [0.3, 0.4) is 0 Å². The molecule has 0 saturated heterocycles. The molecule has 0 aliphatic heterocycles. The zero-order chi connectivity index (χ0) is 29.1. The second-order valence-corrected chi connectivity index (χ2v) is 11.1. The monoisotopic (exact) mass is 588 g/mol. The molecule has 4 aromatic rings.